The molecule has 0 aliphatic rings. The van der Waals surface area contributed by atoms with Crippen molar-refractivity contribution < 1.29 is 13.9 Å². The van der Waals surface area contributed by atoms with Gasteiger partial charge in [0, 0.05) is 0 Å². The largest absolute Gasteiger partial charge is 0.307 e. The molecule has 0 aromatic heterocycles. The van der Waals surface area contributed by atoms with Gasteiger partial charge in [-0.15, -0.1) is 0 Å². The van der Waals surface area contributed by atoms with Crippen molar-refractivity contribution in [1.82, 2.24) is 0 Å². The SMILES string of the molecule is CCC(C)(C)C(=O)F.F. The van der Waals surface area contributed by atoms with Crippen LogP contribution >= 0.6 is 0 Å². The lowest BCUT2D eigenvalue weighted by atomic mass is 9.92. The predicted molar refractivity (Wildman–Crippen MR) is 32.7 cm³/mol. The summed E-state index contributed by atoms with van der Waals surface area (Å²) < 4.78 is 11.8. The Bertz CT molecular complexity index is 99.2. The molecule has 3 heteroatoms. The Balaban J connectivity index is 0. The molecule has 1 nitrogen and oxygen atoms in total. The van der Waals surface area contributed by atoms with E-state index in [0.717, 1.165) is 0 Å². The van der Waals surface area contributed by atoms with Crippen LogP contribution in [-0.2, 0) is 4.79 Å². The highest BCUT2D eigenvalue weighted by molar-refractivity contribution is 5.74. The first-order valence-corrected chi connectivity index (χ1v) is 2.70. The lowest BCUT2D eigenvalue weighted by molar-refractivity contribution is -0.138. The molecule has 0 saturated heterocycles. The van der Waals surface area contributed by atoms with E-state index in [1.807, 2.05) is 0 Å². The second kappa shape index (κ2) is 3.54. The molecule has 0 heterocycles. The van der Waals surface area contributed by atoms with Gasteiger partial charge in [-0.2, -0.15) is 4.39 Å². The Morgan fingerprint density at radius 1 is 1.56 bits per heavy atom. The van der Waals surface area contributed by atoms with E-state index < -0.39 is 11.5 Å². The first-order valence-electron chi connectivity index (χ1n) is 2.70. The number of carbonyl (C=O) groups is 1. The number of carbonyl (C=O) groups excluding carboxylic acids is 1. The van der Waals surface area contributed by atoms with Gasteiger partial charge in [0.15, 0.2) is 0 Å². The molecule has 0 spiro atoms. The molecule has 0 atom stereocenters. The summed E-state index contributed by atoms with van der Waals surface area (Å²) in [6.07, 6.45) is 0.558. The molecule has 0 aromatic carbocycles. The van der Waals surface area contributed by atoms with Crippen LogP contribution in [0.15, 0.2) is 0 Å². The monoisotopic (exact) mass is 138 g/mol. The van der Waals surface area contributed by atoms with Crippen LogP contribution in [0.1, 0.15) is 27.2 Å². The molecule has 0 aromatic rings. The Morgan fingerprint density at radius 2 is 1.89 bits per heavy atom. The molecule has 0 radical (unpaired) electrons. The smallest absolute Gasteiger partial charge is 0.269 e. The van der Waals surface area contributed by atoms with Gasteiger partial charge >= 0.3 is 6.04 Å². The number of halogens is 2. The zero-order valence-electron chi connectivity index (χ0n) is 5.90. The Kier molecular flexibility index (Phi) is 4.46. The zero-order chi connectivity index (χ0) is 6.78. The molecule has 0 fully saturated rings. The normalized spacial score (nSPS) is 10.2. The lowest BCUT2D eigenvalue weighted by Gasteiger charge is -2.13. The van der Waals surface area contributed by atoms with Crippen LogP contribution in [0.2, 0.25) is 0 Å². The molecule has 0 bridgehead atoms. The van der Waals surface area contributed by atoms with Crippen molar-refractivity contribution in [1.29, 1.82) is 0 Å². The van der Waals surface area contributed by atoms with Crippen molar-refractivity contribution in [2.75, 3.05) is 0 Å². The molecule has 9 heavy (non-hydrogen) atoms. The predicted octanol–water partition coefficient (Wildman–Crippen LogP) is 2.07. The van der Waals surface area contributed by atoms with Gasteiger partial charge < -0.3 is 0 Å². The third kappa shape index (κ3) is 3.16. The third-order valence-electron chi connectivity index (χ3n) is 1.42. The van der Waals surface area contributed by atoms with E-state index >= 15 is 0 Å². The lowest BCUT2D eigenvalue weighted by Crippen LogP contribution is -2.18. The average Bonchev–Trinajstić information content (AvgIpc) is 1.67. The Labute approximate surface area is 53.6 Å². The number of rotatable bonds is 2. The topological polar surface area (TPSA) is 17.1 Å². The molecular formula is C6H12F2O. The summed E-state index contributed by atoms with van der Waals surface area (Å²) in [6, 6.07) is -1.22. The maximum atomic E-state index is 11.8. The summed E-state index contributed by atoms with van der Waals surface area (Å²) in [7, 11) is 0. The minimum atomic E-state index is -1.22. The zero-order valence-corrected chi connectivity index (χ0v) is 5.90. The van der Waals surface area contributed by atoms with Crippen molar-refractivity contribution >= 4 is 6.04 Å². The van der Waals surface area contributed by atoms with E-state index in [9.17, 15) is 9.18 Å². The molecule has 0 rings (SSSR count). The number of hydrogen-bond acceptors (Lipinski definition) is 1. The van der Waals surface area contributed by atoms with Crippen LogP contribution in [0, 0.1) is 5.41 Å². The van der Waals surface area contributed by atoms with E-state index in [0.29, 0.717) is 6.42 Å². The quantitative estimate of drug-likeness (QED) is 0.534. The standard InChI is InChI=1S/C6H11FO.FH/c1-4-6(2,3)5(7)8;/h4H2,1-3H3;1H. The van der Waals surface area contributed by atoms with Gasteiger partial charge in [-0.1, -0.05) is 20.8 Å². The fourth-order valence-electron chi connectivity index (χ4n) is 0.139. The first kappa shape index (κ1) is 11.3. The van der Waals surface area contributed by atoms with Crippen molar-refractivity contribution in [3.63, 3.8) is 0 Å². The maximum Gasteiger partial charge on any atom is 0.307 e. The molecule has 0 amide bonds. The van der Waals surface area contributed by atoms with Gasteiger partial charge in [-0.25, -0.2) is 0 Å². The van der Waals surface area contributed by atoms with Crippen LogP contribution < -0.4 is 0 Å². The third-order valence-corrected chi connectivity index (χ3v) is 1.42. The summed E-state index contributed by atoms with van der Waals surface area (Å²) in [6.45, 7) is 4.97. The second-order valence-electron chi connectivity index (χ2n) is 2.51. The Hall–Kier alpha value is -0.470. The van der Waals surface area contributed by atoms with Crippen molar-refractivity contribution in [3.05, 3.63) is 0 Å². The number of hydrogen-bond donors (Lipinski definition) is 0. The first-order chi connectivity index (χ1) is 3.50. The highest BCUT2D eigenvalue weighted by atomic mass is 19.1. The van der Waals surface area contributed by atoms with Crippen LogP contribution in [0.3, 0.4) is 0 Å². The van der Waals surface area contributed by atoms with E-state index in [4.69, 9.17) is 0 Å². The molecule has 0 aliphatic carbocycles. The van der Waals surface area contributed by atoms with Crippen molar-refractivity contribution in [2.45, 2.75) is 27.2 Å². The van der Waals surface area contributed by atoms with Crippen molar-refractivity contribution in [2.24, 2.45) is 5.41 Å². The highest BCUT2D eigenvalue weighted by Crippen LogP contribution is 2.20. The average molecular weight is 138 g/mol. The fourth-order valence-corrected chi connectivity index (χ4v) is 0.139. The molecule has 56 valence electrons. The van der Waals surface area contributed by atoms with E-state index in [-0.39, 0.29) is 4.70 Å². The van der Waals surface area contributed by atoms with Gasteiger partial charge in [0.1, 0.15) is 0 Å². The van der Waals surface area contributed by atoms with Crippen molar-refractivity contribution in [3.8, 4) is 0 Å². The van der Waals surface area contributed by atoms with Gasteiger partial charge in [-0.3, -0.25) is 9.50 Å². The minimum absolute atomic E-state index is 0. The molecular weight excluding hydrogens is 126 g/mol. The van der Waals surface area contributed by atoms with Gasteiger partial charge in [0.2, 0.25) is 0 Å². The van der Waals surface area contributed by atoms with Gasteiger partial charge in [0.05, 0.1) is 5.41 Å². The summed E-state index contributed by atoms with van der Waals surface area (Å²) in [5.41, 5.74) is -0.764. The van der Waals surface area contributed by atoms with Gasteiger partial charge in [0.25, 0.3) is 0 Å². The van der Waals surface area contributed by atoms with Crippen LogP contribution in [0.25, 0.3) is 0 Å². The van der Waals surface area contributed by atoms with E-state index in [1.165, 1.54) is 0 Å². The van der Waals surface area contributed by atoms with Gasteiger partial charge in [-0.05, 0) is 6.42 Å². The van der Waals surface area contributed by atoms with Crippen LogP contribution in [0.4, 0.5) is 9.09 Å². The summed E-state index contributed by atoms with van der Waals surface area (Å²) in [5, 5.41) is 0. The summed E-state index contributed by atoms with van der Waals surface area (Å²) in [5.74, 6) is 0. The fraction of sp³-hybridized carbons (Fsp3) is 0.833. The molecule has 0 N–H and O–H groups in total. The van der Waals surface area contributed by atoms with E-state index in [1.54, 1.807) is 20.8 Å². The minimum Gasteiger partial charge on any atom is -0.269 e. The van der Waals surface area contributed by atoms with E-state index in [2.05, 4.69) is 0 Å². The summed E-state index contributed by atoms with van der Waals surface area (Å²) in [4.78, 5) is 10.0. The maximum absolute atomic E-state index is 11.8. The molecule has 0 aliphatic heterocycles. The Morgan fingerprint density at radius 3 is 1.89 bits per heavy atom. The second-order valence-corrected chi connectivity index (χ2v) is 2.51. The highest BCUT2D eigenvalue weighted by Gasteiger charge is 2.24. The molecule has 0 unspecified atom stereocenters. The molecule has 0 saturated carbocycles. The van der Waals surface area contributed by atoms with Crippen LogP contribution in [0.5, 0.6) is 0 Å². The van der Waals surface area contributed by atoms with Crippen LogP contribution in [-0.4, -0.2) is 6.04 Å². The summed E-state index contributed by atoms with van der Waals surface area (Å²) >= 11 is 0.